The third-order valence-electron chi connectivity index (χ3n) is 3.50. The van der Waals surface area contributed by atoms with Gasteiger partial charge in [0.2, 0.25) is 0 Å². The first-order valence-corrected chi connectivity index (χ1v) is 6.28. The molecule has 0 spiro atoms. The van der Waals surface area contributed by atoms with Crippen molar-refractivity contribution in [1.82, 2.24) is 19.7 Å². The molecule has 0 amide bonds. The number of nitrogens with zero attached hydrogens (tertiary/aromatic N) is 3. The molecule has 1 aliphatic rings. The van der Waals surface area contributed by atoms with E-state index in [9.17, 15) is 0 Å². The van der Waals surface area contributed by atoms with Crippen LogP contribution < -0.4 is 5.32 Å². The van der Waals surface area contributed by atoms with Gasteiger partial charge in [0.05, 0.1) is 11.7 Å². The molecule has 4 nitrogen and oxygen atoms in total. The number of imidazole rings is 1. The zero-order valence-corrected chi connectivity index (χ0v) is 10.4. The molecular weight excluding hydrogens is 212 g/mol. The van der Waals surface area contributed by atoms with E-state index in [1.165, 1.54) is 18.7 Å². The molecule has 1 fully saturated rings. The van der Waals surface area contributed by atoms with Crippen LogP contribution in [0.15, 0.2) is 12.3 Å². The minimum atomic E-state index is 0.513. The van der Waals surface area contributed by atoms with Gasteiger partial charge in [-0.15, -0.1) is 0 Å². The highest BCUT2D eigenvalue weighted by Gasteiger charge is 2.20. The summed E-state index contributed by atoms with van der Waals surface area (Å²) in [4.78, 5) is 9.14. The van der Waals surface area contributed by atoms with E-state index in [-0.39, 0.29) is 0 Å². The molecular formula is C13H18N4. The third-order valence-corrected chi connectivity index (χ3v) is 3.50. The average molecular weight is 230 g/mol. The Bertz CT molecular complexity index is 538. The van der Waals surface area contributed by atoms with Crippen molar-refractivity contribution in [1.29, 1.82) is 0 Å². The lowest BCUT2D eigenvalue weighted by atomic mass is 9.98. The Hall–Kier alpha value is -1.42. The lowest BCUT2D eigenvalue weighted by Gasteiger charge is -2.23. The van der Waals surface area contributed by atoms with E-state index in [2.05, 4.69) is 27.7 Å². The highest BCUT2D eigenvalue weighted by atomic mass is 15.1. The Kier molecular flexibility index (Phi) is 2.59. The van der Waals surface area contributed by atoms with E-state index >= 15 is 0 Å². The summed E-state index contributed by atoms with van der Waals surface area (Å²) in [5, 5.41) is 3.46. The molecule has 1 unspecified atom stereocenters. The van der Waals surface area contributed by atoms with Crippen molar-refractivity contribution in [3.63, 3.8) is 0 Å². The van der Waals surface area contributed by atoms with Crippen LogP contribution in [0.2, 0.25) is 0 Å². The fourth-order valence-electron chi connectivity index (χ4n) is 2.68. The summed E-state index contributed by atoms with van der Waals surface area (Å²) in [6.45, 7) is 6.27. The Morgan fingerprint density at radius 1 is 1.41 bits per heavy atom. The standard InChI is InChI=1S/C13H18N4/c1-9-6-12-8-15-10(2)17(12)13(16-9)11-4-3-5-14-7-11/h6,8,11,14H,3-5,7H2,1-2H3. The van der Waals surface area contributed by atoms with Crippen LogP contribution in [0.3, 0.4) is 0 Å². The van der Waals surface area contributed by atoms with Crippen LogP contribution in [0.5, 0.6) is 0 Å². The second kappa shape index (κ2) is 4.11. The highest BCUT2D eigenvalue weighted by molar-refractivity contribution is 5.48. The van der Waals surface area contributed by atoms with Gasteiger partial charge < -0.3 is 5.32 Å². The van der Waals surface area contributed by atoms with Gasteiger partial charge in [0.1, 0.15) is 11.6 Å². The van der Waals surface area contributed by atoms with Crippen molar-refractivity contribution in [2.75, 3.05) is 13.1 Å². The molecule has 3 rings (SSSR count). The van der Waals surface area contributed by atoms with E-state index in [4.69, 9.17) is 4.98 Å². The molecule has 0 radical (unpaired) electrons. The molecule has 1 N–H and O–H groups in total. The van der Waals surface area contributed by atoms with Gasteiger partial charge in [-0.05, 0) is 39.3 Å². The summed E-state index contributed by atoms with van der Waals surface area (Å²) in [5.41, 5.74) is 2.24. The second-order valence-corrected chi connectivity index (χ2v) is 4.86. The van der Waals surface area contributed by atoms with Gasteiger partial charge in [-0.3, -0.25) is 4.40 Å². The summed E-state index contributed by atoms with van der Waals surface area (Å²) < 4.78 is 2.20. The molecule has 1 atom stereocenters. The molecule has 1 aliphatic heterocycles. The first-order valence-electron chi connectivity index (χ1n) is 6.28. The minimum Gasteiger partial charge on any atom is -0.316 e. The molecule has 4 heteroatoms. The number of fused-ring (bicyclic) bond motifs is 1. The fourth-order valence-corrected chi connectivity index (χ4v) is 2.68. The Labute approximate surface area is 101 Å². The largest absolute Gasteiger partial charge is 0.316 e. The number of aryl methyl sites for hydroxylation is 2. The lowest BCUT2D eigenvalue weighted by Crippen LogP contribution is -2.30. The molecule has 2 aromatic rings. The summed E-state index contributed by atoms with van der Waals surface area (Å²) in [7, 11) is 0. The van der Waals surface area contributed by atoms with Crippen LogP contribution in [0.1, 0.15) is 36.1 Å². The molecule has 17 heavy (non-hydrogen) atoms. The Morgan fingerprint density at radius 2 is 2.29 bits per heavy atom. The number of hydrogen-bond acceptors (Lipinski definition) is 3. The van der Waals surface area contributed by atoms with Crippen molar-refractivity contribution in [3.05, 3.63) is 29.6 Å². The van der Waals surface area contributed by atoms with E-state index in [1.807, 2.05) is 13.1 Å². The van der Waals surface area contributed by atoms with Crippen molar-refractivity contribution < 1.29 is 0 Å². The predicted octanol–water partition coefficient (Wildman–Crippen LogP) is 1.81. The van der Waals surface area contributed by atoms with Crippen molar-refractivity contribution in [2.24, 2.45) is 0 Å². The maximum Gasteiger partial charge on any atom is 0.119 e. The molecule has 2 aromatic heterocycles. The maximum absolute atomic E-state index is 4.74. The number of hydrogen-bond donors (Lipinski definition) is 1. The molecule has 3 heterocycles. The van der Waals surface area contributed by atoms with Crippen LogP contribution in [0.4, 0.5) is 0 Å². The Morgan fingerprint density at radius 3 is 3.06 bits per heavy atom. The van der Waals surface area contributed by atoms with Gasteiger partial charge in [-0.1, -0.05) is 0 Å². The van der Waals surface area contributed by atoms with Gasteiger partial charge in [0, 0.05) is 18.2 Å². The van der Waals surface area contributed by atoms with Crippen molar-refractivity contribution in [3.8, 4) is 0 Å². The summed E-state index contributed by atoms with van der Waals surface area (Å²) in [5.74, 6) is 2.72. The van der Waals surface area contributed by atoms with Gasteiger partial charge in [-0.25, -0.2) is 9.97 Å². The monoisotopic (exact) mass is 230 g/mol. The number of aromatic nitrogens is 3. The lowest BCUT2D eigenvalue weighted by molar-refractivity contribution is 0.442. The molecule has 0 aromatic carbocycles. The quantitative estimate of drug-likeness (QED) is 0.812. The van der Waals surface area contributed by atoms with Crippen LogP contribution in [0.25, 0.3) is 5.52 Å². The van der Waals surface area contributed by atoms with Crippen LogP contribution in [-0.2, 0) is 0 Å². The number of rotatable bonds is 1. The van der Waals surface area contributed by atoms with Gasteiger partial charge >= 0.3 is 0 Å². The van der Waals surface area contributed by atoms with Gasteiger partial charge in [0.25, 0.3) is 0 Å². The smallest absolute Gasteiger partial charge is 0.119 e. The maximum atomic E-state index is 4.74. The zero-order valence-electron chi connectivity index (χ0n) is 10.4. The summed E-state index contributed by atoms with van der Waals surface area (Å²) in [6, 6.07) is 2.10. The molecule has 0 aliphatic carbocycles. The fraction of sp³-hybridized carbons (Fsp3) is 0.538. The third kappa shape index (κ3) is 1.82. The molecule has 90 valence electrons. The normalized spacial score (nSPS) is 20.9. The Balaban J connectivity index is 2.15. The summed E-state index contributed by atoms with van der Waals surface area (Å²) >= 11 is 0. The van der Waals surface area contributed by atoms with Crippen LogP contribution >= 0.6 is 0 Å². The first kappa shape index (κ1) is 10.7. The van der Waals surface area contributed by atoms with Gasteiger partial charge in [0.15, 0.2) is 0 Å². The van der Waals surface area contributed by atoms with E-state index in [0.717, 1.165) is 30.1 Å². The minimum absolute atomic E-state index is 0.513. The van der Waals surface area contributed by atoms with Crippen molar-refractivity contribution in [2.45, 2.75) is 32.6 Å². The van der Waals surface area contributed by atoms with Crippen LogP contribution in [-0.4, -0.2) is 27.5 Å². The zero-order chi connectivity index (χ0) is 11.8. The highest BCUT2D eigenvalue weighted by Crippen LogP contribution is 2.24. The summed E-state index contributed by atoms with van der Waals surface area (Å²) in [6.07, 6.45) is 4.38. The molecule has 1 saturated heterocycles. The van der Waals surface area contributed by atoms with E-state index < -0.39 is 0 Å². The average Bonchev–Trinajstić information content (AvgIpc) is 2.71. The first-order chi connectivity index (χ1) is 8.25. The SMILES string of the molecule is Cc1cc2cnc(C)n2c(C2CCCNC2)n1. The molecule has 0 bridgehead atoms. The van der Waals surface area contributed by atoms with Crippen LogP contribution in [0, 0.1) is 13.8 Å². The van der Waals surface area contributed by atoms with E-state index in [0.29, 0.717) is 5.92 Å². The van der Waals surface area contributed by atoms with Gasteiger partial charge in [-0.2, -0.15) is 0 Å². The number of piperidine rings is 1. The number of nitrogens with one attached hydrogen (secondary N) is 1. The topological polar surface area (TPSA) is 42.2 Å². The second-order valence-electron chi connectivity index (χ2n) is 4.86. The predicted molar refractivity (Wildman–Crippen MR) is 67.3 cm³/mol. The molecule has 0 saturated carbocycles. The van der Waals surface area contributed by atoms with Crippen molar-refractivity contribution >= 4 is 5.52 Å². The van der Waals surface area contributed by atoms with E-state index in [1.54, 1.807) is 0 Å².